The van der Waals surface area contributed by atoms with Gasteiger partial charge in [0.2, 0.25) is 0 Å². The fourth-order valence-corrected chi connectivity index (χ4v) is 4.08. The van der Waals surface area contributed by atoms with Gasteiger partial charge < -0.3 is 15.0 Å². The van der Waals surface area contributed by atoms with Crippen LogP contribution in [0.25, 0.3) is 10.9 Å². The zero-order valence-corrected chi connectivity index (χ0v) is 19.4. The second-order valence-electron chi connectivity index (χ2n) is 9.11. The van der Waals surface area contributed by atoms with Crippen molar-refractivity contribution in [3.8, 4) is 0 Å². The minimum atomic E-state index is -0.889. The predicted octanol–water partition coefficient (Wildman–Crippen LogP) is 6.42. The number of likely N-dealkylation sites (tertiary alicyclic amines) is 1. The van der Waals surface area contributed by atoms with Gasteiger partial charge in [-0.1, -0.05) is 17.7 Å². The van der Waals surface area contributed by atoms with Crippen molar-refractivity contribution >= 4 is 40.1 Å². The second kappa shape index (κ2) is 9.09. The molecule has 1 aromatic heterocycles. The van der Waals surface area contributed by atoms with Gasteiger partial charge in [-0.15, -0.1) is 0 Å². The molecule has 174 valence electrons. The summed E-state index contributed by atoms with van der Waals surface area (Å²) in [4.78, 5) is 22.8. The first-order valence-electron chi connectivity index (χ1n) is 10.8. The molecule has 0 aliphatic carbocycles. The van der Waals surface area contributed by atoms with Crippen molar-refractivity contribution in [1.29, 1.82) is 0 Å². The summed E-state index contributed by atoms with van der Waals surface area (Å²) >= 11 is 5.71. The summed E-state index contributed by atoms with van der Waals surface area (Å²) < 4.78 is 33.5. The first-order chi connectivity index (χ1) is 15.6. The Hall–Kier alpha value is -3.00. The first kappa shape index (κ1) is 23.2. The standard InChI is InChI=1S/C24H25ClF2N4O2/c1-24(2,3)33-23(32)31-10-4-5-15(12-31)14-6-8-18-16(11-14)22(29-13-28-18)30-19-9-7-17(26)20(25)21(19)27/h6-9,11,13,15H,4-5,10,12H2,1-3H3,(H,28,29,30)/t15-/m1/s1. The lowest BCUT2D eigenvalue weighted by Gasteiger charge is -2.34. The van der Waals surface area contributed by atoms with Gasteiger partial charge in [0, 0.05) is 24.4 Å². The number of carbonyl (C=O) groups is 1. The quantitative estimate of drug-likeness (QED) is 0.444. The Morgan fingerprint density at radius 2 is 2.00 bits per heavy atom. The van der Waals surface area contributed by atoms with Crippen molar-refractivity contribution in [2.24, 2.45) is 0 Å². The molecule has 1 fully saturated rings. The lowest BCUT2D eigenvalue weighted by Crippen LogP contribution is -2.42. The molecule has 1 N–H and O–H groups in total. The maximum absolute atomic E-state index is 14.4. The largest absolute Gasteiger partial charge is 0.444 e. The van der Waals surface area contributed by atoms with E-state index in [1.165, 1.54) is 12.4 Å². The van der Waals surface area contributed by atoms with Crippen LogP contribution in [0.1, 0.15) is 45.1 Å². The van der Waals surface area contributed by atoms with Gasteiger partial charge in [0.05, 0.1) is 11.2 Å². The average molecular weight is 475 g/mol. The zero-order valence-electron chi connectivity index (χ0n) is 18.7. The van der Waals surface area contributed by atoms with Crippen LogP contribution in [0.2, 0.25) is 5.02 Å². The number of halogens is 3. The van der Waals surface area contributed by atoms with E-state index in [1.54, 1.807) is 4.90 Å². The highest BCUT2D eigenvalue weighted by Crippen LogP contribution is 2.33. The van der Waals surface area contributed by atoms with Crippen LogP contribution in [0.15, 0.2) is 36.7 Å². The molecule has 0 unspecified atom stereocenters. The number of piperidine rings is 1. The molecular formula is C24H25ClF2N4O2. The number of rotatable bonds is 3. The number of nitrogens with one attached hydrogen (secondary N) is 1. The third-order valence-electron chi connectivity index (χ3n) is 5.49. The van der Waals surface area contributed by atoms with Crippen LogP contribution in [-0.4, -0.2) is 39.7 Å². The molecule has 1 aliphatic rings. The highest BCUT2D eigenvalue weighted by Gasteiger charge is 2.28. The lowest BCUT2D eigenvalue weighted by atomic mass is 9.90. The summed E-state index contributed by atoms with van der Waals surface area (Å²) in [6.07, 6.45) is 2.83. The fraction of sp³-hybridized carbons (Fsp3) is 0.375. The number of fused-ring (bicyclic) bond motifs is 1. The molecule has 2 heterocycles. The van der Waals surface area contributed by atoms with Crippen LogP contribution >= 0.6 is 11.6 Å². The Bertz CT molecular complexity index is 1200. The van der Waals surface area contributed by atoms with Gasteiger partial charge >= 0.3 is 6.09 Å². The van der Waals surface area contributed by atoms with Gasteiger partial charge in [-0.05, 0) is 63.4 Å². The van der Waals surface area contributed by atoms with Crippen LogP contribution in [0, 0.1) is 11.6 Å². The number of hydrogen-bond acceptors (Lipinski definition) is 5. The zero-order chi connectivity index (χ0) is 23.8. The van der Waals surface area contributed by atoms with Crippen molar-refractivity contribution in [3.05, 3.63) is 58.9 Å². The van der Waals surface area contributed by atoms with E-state index in [-0.39, 0.29) is 17.7 Å². The van der Waals surface area contributed by atoms with Crippen molar-refractivity contribution in [2.45, 2.75) is 45.1 Å². The van der Waals surface area contributed by atoms with E-state index in [0.717, 1.165) is 24.5 Å². The van der Waals surface area contributed by atoms with E-state index in [2.05, 4.69) is 15.3 Å². The van der Waals surface area contributed by atoms with Gasteiger partial charge in [-0.25, -0.2) is 23.5 Å². The molecule has 0 bridgehead atoms. The van der Waals surface area contributed by atoms with Crippen molar-refractivity contribution < 1.29 is 18.3 Å². The molecule has 3 aromatic rings. The van der Waals surface area contributed by atoms with E-state index >= 15 is 0 Å². The summed E-state index contributed by atoms with van der Waals surface area (Å²) in [5.74, 6) is -1.23. The number of hydrogen-bond donors (Lipinski definition) is 1. The van der Waals surface area contributed by atoms with Gasteiger partial charge in [0.15, 0.2) is 5.82 Å². The van der Waals surface area contributed by atoms with E-state index < -0.39 is 22.3 Å². The monoisotopic (exact) mass is 474 g/mol. The maximum Gasteiger partial charge on any atom is 0.410 e. The lowest BCUT2D eigenvalue weighted by molar-refractivity contribution is 0.0198. The first-order valence-corrected chi connectivity index (χ1v) is 11.1. The highest BCUT2D eigenvalue weighted by molar-refractivity contribution is 6.31. The van der Waals surface area contributed by atoms with Crippen LogP contribution in [0.5, 0.6) is 0 Å². The fourth-order valence-electron chi connectivity index (χ4n) is 3.92. The number of amides is 1. The van der Waals surface area contributed by atoms with Gasteiger partial charge in [-0.2, -0.15) is 0 Å². The Balaban J connectivity index is 1.62. The molecule has 0 radical (unpaired) electrons. The third-order valence-corrected chi connectivity index (χ3v) is 5.84. The smallest absolute Gasteiger partial charge is 0.410 e. The number of benzene rings is 2. The molecule has 1 aliphatic heterocycles. The molecule has 1 saturated heterocycles. The number of anilines is 2. The number of nitrogens with zero attached hydrogens (tertiary/aromatic N) is 3. The Kier molecular flexibility index (Phi) is 6.38. The molecular weight excluding hydrogens is 450 g/mol. The van der Waals surface area contributed by atoms with Gasteiger partial charge in [0.1, 0.15) is 28.6 Å². The second-order valence-corrected chi connectivity index (χ2v) is 9.49. The molecule has 0 saturated carbocycles. The van der Waals surface area contributed by atoms with Crippen LogP contribution in [-0.2, 0) is 4.74 Å². The van der Waals surface area contributed by atoms with Crippen molar-refractivity contribution in [1.82, 2.24) is 14.9 Å². The molecule has 6 nitrogen and oxygen atoms in total. The van der Waals surface area contributed by atoms with E-state index in [4.69, 9.17) is 16.3 Å². The maximum atomic E-state index is 14.4. The van der Waals surface area contributed by atoms with Crippen LogP contribution in [0.4, 0.5) is 25.1 Å². The average Bonchev–Trinajstić information content (AvgIpc) is 2.78. The third kappa shape index (κ3) is 5.16. The normalized spacial score (nSPS) is 16.7. The summed E-state index contributed by atoms with van der Waals surface area (Å²) in [6.45, 7) is 6.74. The van der Waals surface area contributed by atoms with Crippen molar-refractivity contribution in [2.75, 3.05) is 18.4 Å². The highest BCUT2D eigenvalue weighted by atomic mass is 35.5. The van der Waals surface area contributed by atoms with Gasteiger partial charge in [0.25, 0.3) is 0 Å². The summed E-state index contributed by atoms with van der Waals surface area (Å²) in [7, 11) is 0. The van der Waals surface area contributed by atoms with E-state index in [1.807, 2.05) is 39.0 Å². The van der Waals surface area contributed by atoms with E-state index in [0.29, 0.717) is 29.8 Å². The van der Waals surface area contributed by atoms with Crippen LogP contribution in [0.3, 0.4) is 0 Å². The van der Waals surface area contributed by atoms with E-state index in [9.17, 15) is 13.6 Å². The Labute approximate surface area is 195 Å². The van der Waals surface area contributed by atoms with Crippen LogP contribution < -0.4 is 5.32 Å². The molecule has 2 aromatic carbocycles. The Morgan fingerprint density at radius 3 is 2.76 bits per heavy atom. The molecule has 4 rings (SSSR count). The minimum absolute atomic E-state index is 0.0144. The predicted molar refractivity (Wildman–Crippen MR) is 124 cm³/mol. The minimum Gasteiger partial charge on any atom is -0.444 e. The SMILES string of the molecule is CC(C)(C)OC(=O)N1CCC[C@@H](c2ccc3ncnc(Nc4ccc(F)c(Cl)c4F)c3c2)C1. The molecule has 0 spiro atoms. The number of aromatic nitrogens is 2. The summed E-state index contributed by atoms with van der Waals surface area (Å²) in [5, 5.41) is 3.01. The number of ether oxygens (including phenoxy) is 1. The molecule has 9 heteroatoms. The molecule has 33 heavy (non-hydrogen) atoms. The molecule has 1 atom stereocenters. The Morgan fingerprint density at radius 1 is 1.21 bits per heavy atom. The summed E-state index contributed by atoms with van der Waals surface area (Å²) in [6, 6.07) is 8.17. The van der Waals surface area contributed by atoms with Gasteiger partial charge in [-0.3, -0.25) is 0 Å². The molecule has 1 amide bonds. The topological polar surface area (TPSA) is 67.3 Å². The number of carbonyl (C=O) groups excluding carboxylic acids is 1. The van der Waals surface area contributed by atoms with Crippen molar-refractivity contribution in [3.63, 3.8) is 0 Å². The summed E-state index contributed by atoms with van der Waals surface area (Å²) in [5.41, 5.74) is 1.15.